The molecular weight excluding hydrogens is 420 g/mol. The number of halogens is 1. The van der Waals surface area contributed by atoms with E-state index in [1.54, 1.807) is 12.1 Å². The zero-order valence-corrected chi connectivity index (χ0v) is 18.5. The van der Waals surface area contributed by atoms with Gasteiger partial charge < -0.3 is 10.1 Å². The zero-order chi connectivity index (χ0) is 21.5. The van der Waals surface area contributed by atoms with Crippen molar-refractivity contribution in [2.24, 2.45) is 0 Å². The van der Waals surface area contributed by atoms with Crippen LogP contribution in [0.3, 0.4) is 0 Å². The first-order valence-electron chi connectivity index (χ1n) is 9.37. The molecule has 0 fully saturated rings. The van der Waals surface area contributed by atoms with Gasteiger partial charge >= 0.3 is 0 Å². The van der Waals surface area contributed by atoms with Gasteiger partial charge in [-0.1, -0.05) is 47.1 Å². The van der Waals surface area contributed by atoms with Gasteiger partial charge in [-0.15, -0.1) is 16.8 Å². The van der Waals surface area contributed by atoms with Crippen LogP contribution in [0.2, 0.25) is 5.02 Å². The number of ether oxygens (including phenoxy) is 1. The Balaban J connectivity index is 1.62. The summed E-state index contributed by atoms with van der Waals surface area (Å²) in [5, 5.41) is 12.6. The van der Waals surface area contributed by atoms with Gasteiger partial charge in [0.25, 0.3) is 0 Å². The number of nitrogens with one attached hydrogen (secondary N) is 1. The van der Waals surface area contributed by atoms with Crippen LogP contribution >= 0.6 is 23.4 Å². The number of carbonyl (C=O) groups is 1. The highest BCUT2D eigenvalue weighted by atomic mass is 35.5. The Morgan fingerprint density at radius 1 is 1.23 bits per heavy atom. The van der Waals surface area contributed by atoms with Crippen LogP contribution in [0.1, 0.15) is 17.0 Å². The number of amides is 1. The van der Waals surface area contributed by atoms with Crippen molar-refractivity contribution in [2.75, 3.05) is 11.1 Å². The van der Waals surface area contributed by atoms with E-state index in [2.05, 4.69) is 22.1 Å². The molecule has 3 rings (SSSR count). The van der Waals surface area contributed by atoms with E-state index in [1.165, 1.54) is 11.8 Å². The van der Waals surface area contributed by atoms with Crippen molar-refractivity contribution in [2.45, 2.75) is 32.2 Å². The van der Waals surface area contributed by atoms with Crippen LogP contribution in [-0.2, 0) is 17.9 Å². The Morgan fingerprint density at radius 2 is 2.00 bits per heavy atom. The number of anilines is 1. The molecule has 2 aromatic carbocycles. The molecule has 0 aliphatic carbocycles. The summed E-state index contributed by atoms with van der Waals surface area (Å²) in [5.74, 6) is 1.51. The molecule has 8 heteroatoms. The number of benzene rings is 2. The van der Waals surface area contributed by atoms with Gasteiger partial charge in [0.2, 0.25) is 5.91 Å². The van der Waals surface area contributed by atoms with E-state index in [0.29, 0.717) is 22.5 Å². The SMILES string of the molecule is C=CCn1c(COc2ccc(Cl)cc2C)nnc1SCC(=O)Nc1ccc(C)cc1. The van der Waals surface area contributed by atoms with Crippen LogP contribution in [0.15, 0.2) is 60.3 Å². The summed E-state index contributed by atoms with van der Waals surface area (Å²) in [4.78, 5) is 12.3. The Hall–Kier alpha value is -2.77. The molecule has 0 atom stereocenters. The summed E-state index contributed by atoms with van der Waals surface area (Å²) in [6, 6.07) is 13.1. The minimum atomic E-state index is -0.105. The molecule has 1 aromatic heterocycles. The summed E-state index contributed by atoms with van der Waals surface area (Å²) in [6.45, 7) is 8.51. The second-order valence-corrected chi connectivity index (χ2v) is 8.08. The standard InChI is InChI=1S/C22H23ClN4O2S/c1-4-11-27-20(13-29-19-10-7-17(23)12-16(19)3)25-26-22(27)30-14-21(28)24-18-8-5-15(2)6-9-18/h4-10,12H,1,11,13-14H2,2-3H3,(H,24,28). The molecule has 30 heavy (non-hydrogen) atoms. The maximum Gasteiger partial charge on any atom is 0.234 e. The summed E-state index contributed by atoms with van der Waals surface area (Å²) >= 11 is 7.32. The quantitative estimate of drug-likeness (QED) is 0.371. The number of allylic oxidation sites excluding steroid dienone is 1. The maximum atomic E-state index is 12.3. The first-order chi connectivity index (χ1) is 14.5. The predicted molar refractivity (Wildman–Crippen MR) is 121 cm³/mol. The number of thioether (sulfide) groups is 1. The van der Waals surface area contributed by atoms with Crippen molar-refractivity contribution in [1.29, 1.82) is 0 Å². The van der Waals surface area contributed by atoms with E-state index in [1.807, 2.05) is 54.8 Å². The van der Waals surface area contributed by atoms with Gasteiger partial charge in [0, 0.05) is 17.3 Å². The van der Waals surface area contributed by atoms with Crippen LogP contribution in [-0.4, -0.2) is 26.4 Å². The Labute approximate surface area is 185 Å². The lowest BCUT2D eigenvalue weighted by Gasteiger charge is -2.11. The number of aryl methyl sites for hydroxylation is 2. The number of rotatable bonds is 9. The number of aromatic nitrogens is 3. The fourth-order valence-corrected chi connectivity index (χ4v) is 3.72. The number of nitrogens with zero attached hydrogens (tertiary/aromatic N) is 3. The fourth-order valence-electron chi connectivity index (χ4n) is 2.73. The van der Waals surface area contributed by atoms with Crippen molar-refractivity contribution in [3.63, 3.8) is 0 Å². The first kappa shape index (κ1) is 21.9. The highest BCUT2D eigenvalue weighted by Crippen LogP contribution is 2.24. The van der Waals surface area contributed by atoms with Crippen LogP contribution < -0.4 is 10.1 Å². The highest BCUT2D eigenvalue weighted by molar-refractivity contribution is 7.99. The largest absolute Gasteiger partial charge is 0.485 e. The monoisotopic (exact) mass is 442 g/mol. The van der Waals surface area contributed by atoms with E-state index in [-0.39, 0.29) is 18.3 Å². The van der Waals surface area contributed by atoms with Crippen LogP contribution in [0.25, 0.3) is 0 Å². The Morgan fingerprint density at radius 3 is 2.70 bits per heavy atom. The van der Waals surface area contributed by atoms with Crippen molar-refractivity contribution >= 4 is 35.0 Å². The van der Waals surface area contributed by atoms with Crippen molar-refractivity contribution < 1.29 is 9.53 Å². The van der Waals surface area contributed by atoms with E-state index >= 15 is 0 Å². The topological polar surface area (TPSA) is 69.0 Å². The fraction of sp³-hybridized carbons (Fsp3) is 0.227. The molecule has 156 valence electrons. The lowest BCUT2D eigenvalue weighted by Crippen LogP contribution is -2.15. The number of hydrogen-bond acceptors (Lipinski definition) is 5. The molecule has 3 aromatic rings. The second kappa shape index (κ2) is 10.3. The van der Waals surface area contributed by atoms with Crippen LogP contribution in [0.4, 0.5) is 5.69 Å². The van der Waals surface area contributed by atoms with Gasteiger partial charge in [0.1, 0.15) is 12.4 Å². The van der Waals surface area contributed by atoms with Crippen molar-refractivity contribution in [3.05, 3.63) is 77.1 Å². The van der Waals surface area contributed by atoms with Gasteiger partial charge in [-0.25, -0.2) is 0 Å². The number of carbonyl (C=O) groups excluding carboxylic acids is 1. The second-order valence-electron chi connectivity index (χ2n) is 6.70. The number of hydrogen-bond donors (Lipinski definition) is 1. The third-order valence-electron chi connectivity index (χ3n) is 4.27. The zero-order valence-electron chi connectivity index (χ0n) is 16.9. The van der Waals surface area contributed by atoms with E-state index < -0.39 is 0 Å². The van der Waals surface area contributed by atoms with Gasteiger partial charge in [-0.05, 0) is 49.7 Å². The maximum absolute atomic E-state index is 12.3. The third kappa shape index (κ3) is 5.87. The molecule has 0 saturated heterocycles. The molecule has 0 bridgehead atoms. The minimum Gasteiger partial charge on any atom is -0.485 e. The van der Waals surface area contributed by atoms with Crippen LogP contribution in [0, 0.1) is 13.8 Å². The van der Waals surface area contributed by atoms with Gasteiger partial charge in [0.15, 0.2) is 11.0 Å². The molecule has 0 saturated carbocycles. The van der Waals surface area contributed by atoms with Gasteiger partial charge in [-0.2, -0.15) is 0 Å². The molecule has 0 aliphatic rings. The summed E-state index contributed by atoms with van der Waals surface area (Å²) in [7, 11) is 0. The summed E-state index contributed by atoms with van der Waals surface area (Å²) in [6.07, 6.45) is 1.76. The molecule has 0 aliphatic heterocycles. The smallest absolute Gasteiger partial charge is 0.234 e. The lowest BCUT2D eigenvalue weighted by atomic mass is 10.2. The molecule has 0 unspecified atom stereocenters. The Kier molecular flexibility index (Phi) is 7.54. The average molecular weight is 443 g/mol. The Bertz CT molecular complexity index is 1030. The molecule has 1 heterocycles. The van der Waals surface area contributed by atoms with Crippen LogP contribution in [0.5, 0.6) is 5.75 Å². The van der Waals surface area contributed by atoms with Crippen molar-refractivity contribution in [3.8, 4) is 5.75 Å². The van der Waals surface area contributed by atoms with E-state index in [4.69, 9.17) is 16.3 Å². The molecule has 0 spiro atoms. The van der Waals surface area contributed by atoms with Gasteiger partial charge in [0.05, 0.1) is 5.75 Å². The molecule has 1 N–H and O–H groups in total. The van der Waals surface area contributed by atoms with E-state index in [0.717, 1.165) is 22.6 Å². The van der Waals surface area contributed by atoms with Gasteiger partial charge in [-0.3, -0.25) is 9.36 Å². The summed E-state index contributed by atoms with van der Waals surface area (Å²) in [5.41, 5.74) is 2.86. The highest BCUT2D eigenvalue weighted by Gasteiger charge is 2.14. The average Bonchev–Trinajstić information content (AvgIpc) is 3.09. The molecule has 1 amide bonds. The normalized spacial score (nSPS) is 10.6. The molecular formula is C22H23ClN4O2S. The lowest BCUT2D eigenvalue weighted by molar-refractivity contribution is -0.113. The van der Waals surface area contributed by atoms with E-state index in [9.17, 15) is 4.79 Å². The minimum absolute atomic E-state index is 0.105. The third-order valence-corrected chi connectivity index (χ3v) is 5.47. The molecule has 0 radical (unpaired) electrons. The molecule has 6 nitrogen and oxygen atoms in total. The van der Waals surface area contributed by atoms with Crippen molar-refractivity contribution in [1.82, 2.24) is 14.8 Å². The predicted octanol–water partition coefficient (Wildman–Crippen LogP) is 5.04. The summed E-state index contributed by atoms with van der Waals surface area (Å²) < 4.78 is 7.78. The first-order valence-corrected chi connectivity index (χ1v) is 10.7.